The zero-order valence-electron chi connectivity index (χ0n) is 5.91. The maximum absolute atomic E-state index is 10.3. The average molecular weight is 166 g/mol. The lowest BCUT2D eigenvalue weighted by atomic mass is 10.2. The second kappa shape index (κ2) is 3.93. The second-order valence-corrected chi connectivity index (χ2v) is 2.50. The zero-order chi connectivity index (χ0) is 8.10. The van der Waals surface area contributed by atoms with Crippen LogP contribution in [0.15, 0.2) is 30.3 Å². The van der Waals surface area contributed by atoms with Crippen molar-refractivity contribution in [2.45, 2.75) is 6.54 Å². The van der Waals surface area contributed by atoms with Gasteiger partial charge in [-0.1, -0.05) is 30.3 Å². The van der Waals surface area contributed by atoms with Gasteiger partial charge in [-0.3, -0.25) is 4.79 Å². The molecule has 1 aromatic carbocycles. The van der Waals surface area contributed by atoms with Crippen LogP contribution in [0.1, 0.15) is 5.56 Å². The Bertz CT molecular complexity index is 235. The SMILES string of the molecule is O=C([S])NCc1ccccc1. The molecular weight excluding hydrogens is 158 g/mol. The summed E-state index contributed by atoms with van der Waals surface area (Å²) in [5.74, 6) is 0. The van der Waals surface area contributed by atoms with Gasteiger partial charge in [-0.25, -0.2) is 0 Å². The van der Waals surface area contributed by atoms with E-state index in [4.69, 9.17) is 0 Å². The molecule has 11 heavy (non-hydrogen) atoms. The number of rotatable bonds is 2. The van der Waals surface area contributed by atoms with Gasteiger partial charge in [-0.15, -0.1) is 0 Å². The van der Waals surface area contributed by atoms with Gasteiger partial charge in [0.15, 0.2) is 0 Å². The monoisotopic (exact) mass is 166 g/mol. The van der Waals surface area contributed by atoms with Crippen molar-refractivity contribution in [3.63, 3.8) is 0 Å². The maximum atomic E-state index is 10.3. The third-order valence-electron chi connectivity index (χ3n) is 1.28. The first-order valence-corrected chi connectivity index (χ1v) is 3.68. The Balaban J connectivity index is 2.45. The molecule has 3 heteroatoms. The van der Waals surface area contributed by atoms with Gasteiger partial charge in [0.25, 0.3) is 0 Å². The van der Waals surface area contributed by atoms with Crippen molar-refractivity contribution in [1.82, 2.24) is 5.32 Å². The van der Waals surface area contributed by atoms with Crippen molar-refractivity contribution in [1.29, 1.82) is 0 Å². The van der Waals surface area contributed by atoms with Crippen molar-refractivity contribution in [2.24, 2.45) is 0 Å². The molecule has 0 aliphatic carbocycles. The molecular formula is C8H8NOS. The molecule has 0 saturated carbocycles. The van der Waals surface area contributed by atoms with Gasteiger partial charge >= 0.3 is 5.24 Å². The lowest BCUT2D eigenvalue weighted by molar-refractivity contribution is 0.260. The third kappa shape index (κ3) is 3.00. The number of hydrogen-bond acceptors (Lipinski definition) is 1. The lowest BCUT2D eigenvalue weighted by Crippen LogP contribution is -2.15. The predicted molar refractivity (Wildman–Crippen MR) is 46.3 cm³/mol. The Morgan fingerprint density at radius 1 is 1.36 bits per heavy atom. The third-order valence-corrected chi connectivity index (χ3v) is 1.42. The molecule has 1 N–H and O–H groups in total. The number of amides is 1. The molecule has 1 aromatic rings. The first-order chi connectivity index (χ1) is 5.29. The van der Waals surface area contributed by atoms with Gasteiger partial charge in [-0.05, 0) is 18.2 Å². The molecule has 0 saturated heterocycles. The molecule has 1 radical (unpaired) electrons. The van der Waals surface area contributed by atoms with Crippen LogP contribution in [-0.2, 0) is 6.54 Å². The summed E-state index contributed by atoms with van der Waals surface area (Å²) in [4.78, 5) is 10.3. The van der Waals surface area contributed by atoms with Crippen LogP contribution in [0, 0.1) is 0 Å². The first-order valence-electron chi connectivity index (χ1n) is 3.28. The summed E-state index contributed by atoms with van der Waals surface area (Å²) in [5, 5.41) is 2.13. The minimum atomic E-state index is -0.408. The van der Waals surface area contributed by atoms with Crippen molar-refractivity contribution in [2.75, 3.05) is 0 Å². The highest BCUT2D eigenvalue weighted by Crippen LogP contribution is 1.97. The quantitative estimate of drug-likeness (QED) is 0.716. The van der Waals surface area contributed by atoms with Crippen LogP contribution in [0.5, 0.6) is 0 Å². The highest BCUT2D eigenvalue weighted by molar-refractivity contribution is 7.96. The normalized spacial score (nSPS) is 9.09. The molecule has 0 aliphatic rings. The van der Waals surface area contributed by atoms with E-state index in [1.165, 1.54) is 0 Å². The first kappa shape index (κ1) is 8.01. The van der Waals surface area contributed by atoms with Crippen molar-refractivity contribution >= 4 is 17.9 Å². The van der Waals surface area contributed by atoms with Crippen molar-refractivity contribution in [3.8, 4) is 0 Å². The summed E-state index contributed by atoms with van der Waals surface area (Å²) in [6.07, 6.45) is 0. The van der Waals surface area contributed by atoms with Crippen LogP contribution < -0.4 is 5.32 Å². The van der Waals surface area contributed by atoms with E-state index in [-0.39, 0.29) is 0 Å². The van der Waals surface area contributed by atoms with E-state index in [1.807, 2.05) is 30.3 Å². The molecule has 57 valence electrons. The Morgan fingerprint density at radius 2 is 2.00 bits per heavy atom. The van der Waals surface area contributed by atoms with E-state index in [9.17, 15) is 4.79 Å². The van der Waals surface area contributed by atoms with Crippen LogP contribution in [0.2, 0.25) is 0 Å². The number of carbonyl (C=O) groups is 1. The van der Waals surface area contributed by atoms with Crippen molar-refractivity contribution < 1.29 is 4.79 Å². The summed E-state index contributed by atoms with van der Waals surface area (Å²) >= 11 is 4.33. The maximum Gasteiger partial charge on any atom is 0.310 e. The Labute approximate surface area is 71.0 Å². The van der Waals surface area contributed by atoms with Crippen molar-refractivity contribution in [3.05, 3.63) is 35.9 Å². The van der Waals surface area contributed by atoms with E-state index in [2.05, 4.69) is 17.9 Å². The number of nitrogens with one attached hydrogen (secondary N) is 1. The summed E-state index contributed by atoms with van der Waals surface area (Å²) in [7, 11) is 0. The molecule has 0 atom stereocenters. The second-order valence-electron chi connectivity index (χ2n) is 2.13. The molecule has 1 amide bonds. The van der Waals surface area contributed by atoms with E-state index < -0.39 is 5.24 Å². The smallest absolute Gasteiger partial charge is 0.310 e. The highest BCUT2D eigenvalue weighted by Gasteiger charge is 1.92. The van der Waals surface area contributed by atoms with Crippen LogP contribution in [0.25, 0.3) is 0 Å². The molecule has 0 heterocycles. The average Bonchev–Trinajstić information content (AvgIpc) is 2.03. The van der Waals surface area contributed by atoms with E-state index >= 15 is 0 Å². The molecule has 0 aromatic heterocycles. The van der Waals surface area contributed by atoms with Gasteiger partial charge < -0.3 is 5.32 Å². The molecule has 0 bridgehead atoms. The molecule has 0 spiro atoms. The molecule has 1 rings (SSSR count). The van der Waals surface area contributed by atoms with Gasteiger partial charge in [0.1, 0.15) is 0 Å². The molecule has 0 unspecified atom stereocenters. The van der Waals surface area contributed by atoms with E-state index in [1.54, 1.807) is 0 Å². The highest BCUT2D eigenvalue weighted by atomic mass is 32.1. The van der Waals surface area contributed by atoms with E-state index in [0.29, 0.717) is 6.54 Å². The minimum Gasteiger partial charge on any atom is -0.339 e. The van der Waals surface area contributed by atoms with Crippen LogP contribution in [0.3, 0.4) is 0 Å². The fraction of sp³-hybridized carbons (Fsp3) is 0.125. The van der Waals surface area contributed by atoms with Crippen LogP contribution >= 0.6 is 12.6 Å². The molecule has 2 nitrogen and oxygen atoms in total. The fourth-order valence-corrected chi connectivity index (χ4v) is 0.842. The molecule has 0 fully saturated rings. The van der Waals surface area contributed by atoms with Crippen LogP contribution in [0.4, 0.5) is 4.79 Å². The Kier molecular flexibility index (Phi) is 2.86. The number of carbonyl (C=O) groups excluding carboxylic acids is 1. The largest absolute Gasteiger partial charge is 0.339 e. The standard InChI is InChI=1S/C8H8NOS/c10-8(11)9-6-7-4-2-1-3-5-7/h1-5H,6H2,(H,9,10). The minimum absolute atomic E-state index is 0.408. The summed E-state index contributed by atoms with van der Waals surface area (Å²) < 4.78 is 0. The molecule has 0 aliphatic heterocycles. The van der Waals surface area contributed by atoms with Gasteiger partial charge in [0.2, 0.25) is 0 Å². The zero-order valence-corrected chi connectivity index (χ0v) is 6.73. The summed E-state index contributed by atoms with van der Waals surface area (Å²) in [6, 6.07) is 9.64. The Hall–Kier alpha value is -1.09. The predicted octanol–water partition coefficient (Wildman–Crippen LogP) is 2.09. The van der Waals surface area contributed by atoms with E-state index in [0.717, 1.165) is 5.56 Å². The number of benzene rings is 1. The van der Waals surface area contributed by atoms with Gasteiger partial charge in [-0.2, -0.15) is 0 Å². The lowest BCUT2D eigenvalue weighted by Gasteiger charge is -1.98. The summed E-state index contributed by atoms with van der Waals surface area (Å²) in [6.45, 7) is 0.517. The van der Waals surface area contributed by atoms with Gasteiger partial charge in [0, 0.05) is 6.54 Å². The Morgan fingerprint density at radius 3 is 2.55 bits per heavy atom. The fourth-order valence-electron chi connectivity index (χ4n) is 0.770. The topological polar surface area (TPSA) is 29.1 Å². The summed E-state index contributed by atoms with van der Waals surface area (Å²) in [5.41, 5.74) is 1.06. The van der Waals surface area contributed by atoms with Crippen LogP contribution in [-0.4, -0.2) is 5.24 Å². The number of hydrogen-bond donors (Lipinski definition) is 1. The van der Waals surface area contributed by atoms with Gasteiger partial charge in [0.05, 0.1) is 0 Å².